The first-order valence-corrected chi connectivity index (χ1v) is 7.79. The molecule has 4 aliphatic heterocycles. The van der Waals surface area contributed by atoms with Crippen LogP contribution in [0.2, 0.25) is 0 Å². The maximum absolute atomic E-state index is 12.5. The van der Waals surface area contributed by atoms with Gasteiger partial charge in [-0.25, -0.2) is 0 Å². The van der Waals surface area contributed by atoms with Gasteiger partial charge in [-0.1, -0.05) is 11.6 Å². The molecule has 0 N–H and O–H groups in total. The van der Waals surface area contributed by atoms with Crippen molar-refractivity contribution in [2.24, 2.45) is 11.3 Å². The van der Waals surface area contributed by atoms with Crippen LogP contribution in [0.5, 0.6) is 0 Å². The normalized spacial score (nSPS) is 40.5. The Bertz CT molecular complexity index is 704. The first-order chi connectivity index (χ1) is 11.3. The maximum atomic E-state index is 12.5. The van der Waals surface area contributed by atoms with Gasteiger partial charge >= 0.3 is 17.9 Å². The zero-order valence-corrected chi connectivity index (χ0v) is 13.7. The Balaban J connectivity index is 1.92. The molecule has 128 valence electrons. The SMILES string of the molecule is COC(=O)C1(C(=O)OC)C[C@]23C=C(C)[C@H](C(=O)O2)[C@@H]2C=C[C@@]3(C1)O2. The topological polar surface area (TPSA) is 88.1 Å². The molecule has 0 amide bonds. The van der Waals surface area contributed by atoms with Gasteiger partial charge in [0.1, 0.15) is 11.5 Å². The average molecular weight is 334 g/mol. The standard InChI is InChI=1S/C17H18O7/c1-9-6-17-8-15(13(19)21-2,14(20)22-3)7-16(17)5-4-10(23-16)11(9)12(18)24-17/h4-6,10-11H,7-8H2,1-3H3/t10-,11-,16-,17-/m0/s1. The first kappa shape index (κ1) is 15.4. The smallest absolute Gasteiger partial charge is 0.323 e. The van der Waals surface area contributed by atoms with E-state index in [-0.39, 0.29) is 12.8 Å². The van der Waals surface area contributed by atoms with E-state index in [1.807, 2.05) is 25.2 Å². The van der Waals surface area contributed by atoms with Gasteiger partial charge in [-0.2, -0.15) is 0 Å². The van der Waals surface area contributed by atoms with Gasteiger partial charge in [0.2, 0.25) is 0 Å². The van der Waals surface area contributed by atoms with Crippen molar-refractivity contribution < 1.29 is 33.3 Å². The van der Waals surface area contributed by atoms with Crippen molar-refractivity contribution in [1.82, 2.24) is 0 Å². The lowest BCUT2D eigenvalue weighted by molar-refractivity contribution is -0.173. The number of methoxy groups -OCH3 is 2. The van der Waals surface area contributed by atoms with E-state index in [0.29, 0.717) is 0 Å². The van der Waals surface area contributed by atoms with Gasteiger partial charge in [-0.15, -0.1) is 0 Å². The summed E-state index contributed by atoms with van der Waals surface area (Å²) in [6.07, 6.45) is 4.96. The molecule has 24 heavy (non-hydrogen) atoms. The Kier molecular flexibility index (Phi) is 2.87. The van der Waals surface area contributed by atoms with E-state index in [9.17, 15) is 14.4 Å². The fourth-order valence-corrected chi connectivity index (χ4v) is 4.72. The largest absolute Gasteiger partial charge is 0.468 e. The van der Waals surface area contributed by atoms with Crippen molar-refractivity contribution in [1.29, 1.82) is 0 Å². The summed E-state index contributed by atoms with van der Waals surface area (Å²) in [6, 6.07) is 0. The highest BCUT2D eigenvalue weighted by Gasteiger charge is 2.75. The molecule has 7 heteroatoms. The molecule has 1 saturated heterocycles. The van der Waals surface area contributed by atoms with Gasteiger partial charge in [-0.3, -0.25) is 14.4 Å². The lowest BCUT2D eigenvalue weighted by atomic mass is 9.78. The number of ether oxygens (including phenoxy) is 4. The number of esters is 3. The molecule has 1 saturated carbocycles. The number of carbonyl (C=O) groups excluding carboxylic acids is 3. The molecule has 0 aromatic carbocycles. The van der Waals surface area contributed by atoms with E-state index in [1.54, 1.807) is 0 Å². The molecule has 0 unspecified atom stereocenters. The fourth-order valence-electron chi connectivity index (χ4n) is 4.72. The lowest BCUT2D eigenvalue weighted by Gasteiger charge is -2.39. The molecule has 4 atom stereocenters. The zero-order valence-electron chi connectivity index (χ0n) is 13.7. The number of fused-ring (bicyclic) bond motifs is 1. The van der Waals surface area contributed by atoms with Crippen LogP contribution in [0, 0.1) is 11.3 Å². The summed E-state index contributed by atoms with van der Waals surface area (Å²) in [5.41, 5.74) is -3.03. The van der Waals surface area contributed by atoms with Crippen LogP contribution in [0.15, 0.2) is 23.8 Å². The summed E-state index contributed by atoms with van der Waals surface area (Å²) in [6.45, 7) is 1.84. The van der Waals surface area contributed by atoms with E-state index >= 15 is 0 Å². The van der Waals surface area contributed by atoms with Crippen molar-refractivity contribution in [3.63, 3.8) is 0 Å². The minimum absolute atomic E-state index is 0.0100. The van der Waals surface area contributed by atoms with Crippen molar-refractivity contribution in [2.75, 3.05) is 14.2 Å². The Hall–Kier alpha value is -2.15. The highest BCUT2D eigenvalue weighted by atomic mass is 16.6. The van der Waals surface area contributed by atoms with Crippen molar-refractivity contribution in [2.45, 2.75) is 37.1 Å². The highest BCUT2D eigenvalue weighted by molar-refractivity contribution is 6.01. The highest BCUT2D eigenvalue weighted by Crippen LogP contribution is 2.62. The number of carbonyl (C=O) groups is 3. The van der Waals surface area contributed by atoms with Gasteiger partial charge in [-0.05, 0) is 19.1 Å². The molecule has 5 aliphatic rings. The predicted molar refractivity (Wildman–Crippen MR) is 78.5 cm³/mol. The molecular formula is C17H18O7. The molecule has 1 aliphatic carbocycles. The zero-order chi connectivity index (χ0) is 17.3. The molecule has 5 rings (SSSR count). The second kappa shape index (κ2) is 4.47. The molecule has 0 aromatic heterocycles. The Morgan fingerprint density at radius 2 is 1.79 bits per heavy atom. The molecular weight excluding hydrogens is 316 g/mol. The van der Waals surface area contributed by atoms with Crippen LogP contribution in [-0.4, -0.2) is 49.4 Å². The Labute approximate surface area is 138 Å². The minimum atomic E-state index is -1.58. The van der Waals surface area contributed by atoms with Gasteiger partial charge < -0.3 is 18.9 Å². The fraction of sp³-hybridized carbons (Fsp3) is 0.588. The number of hydrogen-bond acceptors (Lipinski definition) is 7. The minimum Gasteiger partial charge on any atom is -0.468 e. The molecule has 4 heterocycles. The third-order valence-electron chi connectivity index (χ3n) is 5.72. The van der Waals surface area contributed by atoms with Crippen molar-refractivity contribution in [3.8, 4) is 0 Å². The van der Waals surface area contributed by atoms with Gasteiger partial charge in [0.25, 0.3) is 0 Å². The molecule has 0 aromatic rings. The Morgan fingerprint density at radius 3 is 2.38 bits per heavy atom. The van der Waals surface area contributed by atoms with Crippen LogP contribution in [0.4, 0.5) is 0 Å². The predicted octanol–water partition coefficient (Wildman–Crippen LogP) is 0.678. The van der Waals surface area contributed by atoms with Crippen molar-refractivity contribution >= 4 is 17.9 Å². The Morgan fingerprint density at radius 1 is 1.17 bits per heavy atom. The van der Waals surface area contributed by atoms with Crippen LogP contribution >= 0.6 is 0 Å². The average Bonchev–Trinajstić information content (AvgIpc) is 3.01. The van der Waals surface area contributed by atoms with Gasteiger partial charge in [0.05, 0.1) is 20.3 Å². The monoisotopic (exact) mass is 334 g/mol. The summed E-state index contributed by atoms with van der Waals surface area (Å²) < 4.78 is 21.7. The summed E-state index contributed by atoms with van der Waals surface area (Å²) >= 11 is 0. The second-order valence-electron chi connectivity index (χ2n) is 6.93. The van der Waals surface area contributed by atoms with Gasteiger partial charge in [0.15, 0.2) is 11.0 Å². The summed E-state index contributed by atoms with van der Waals surface area (Å²) in [7, 11) is 2.43. The van der Waals surface area contributed by atoms with Crippen molar-refractivity contribution in [3.05, 3.63) is 23.8 Å². The van der Waals surface area contributed by atoms with Crippen LogP contribution in [0.25, 0.3) is 0 Å². The number of hydrogen-bond donors (Lipinski definition) is 0. The summed E-state index contributed by atoms with van der Waals surface area (Å²) in [5, 5.41) is 0. The summed E-state index contributed by atoms with van der Waals surface area (Å²) in [4.78, 5) is 37.5. The van der Waals surface area contributed by atoms with Gasteiger partial charge in [0, 0.05) is 12.8 Å². The summed E-state index contributed by atoms with van der Waals surface area (Å²) in [5.74, 6) is -2.30. The number of rotatable bonds is 2. The third-order valence-corrected chi connectivity index (χ3v) is 5.72. The van der Waals surface area contributed by atoms with E-state index in [1.165, 1.54) is 14.2 Å². The van der Waals surface area contributed by atoms with E-state index in [4.69, 9.17) is 18.9 Å². The lowest BCUT2D eigenvalue weighted by Crippen LogP contribution is -2.51. The van der Waals surface area contributed by atoms with E-state index in [2.05, 4.69) is 0 Å². The third kappa shape index (κ3) is 1.53. The molecule has 2 fully saturated rings. The maximum Gasteiger partial charge on any atom is 0.323 e. The molecule has 7 nitrogen and oxygen atoms in total. The molecule has 0 radical (unpaired) electrons. The quantitative estimate of drug-likeness (QED) is 0.317. The van der Waals surface area contributed by atoms with E-state index in [0.717, 1.165) is 5.57 Å². The molecule has 2 spiro atoms. The van der Waals surface area contributed by atoms with Crippen LogP contribution in [-0.2, 0) is 33.3 Å². The van der Waals surface area contributed by atoms with Crippen LogP contribution in [0.3, 0.4) is 0 Å². The van der Waals surface area contributed by atoms with E-state index < -0.39 is 46.5 Å². The molecule has 4 bridgehead atoms. The second-order valence-corrected chi connectivity index (χ2v) is 6.93. The van der Waals surface area contributed by atoms with Crippen LogP contribution < -0.4 is 0 Å². The first-order valence-electron chi connectivity index (χ1n) is 7.79. The van der Waals surface area contributed by atoms with Crippen LogP contribution in [0.1, 0.15) is 19.8 Å².